The molecule has 3 saturated carbocycles. The van der Waals surface area contributed by atoms with Gasteiger partial charge in [-0.1, -0.05) is 6.92 Å². The van der Waals surface area contributed by atoms with Crippen molar-refractivity contribution in [3.63, 3.8) is 0 Å². The molecule has 3 fully saturated rings. The maximum Gasteiger partial charge on any atom is 0.359 e. The molecular formula is C17H15F15O2. The lowest BCUT2D eigenvalue weighted by Gasteiger charge is -2.55. The van der Waals surface area contributed by atoms with Gasteiger partial charge in [-0.2, -0.15) is 26.3 Å². The van der Waals surface area contributed by atoms with Crippen LogP contribution >= 0.6 is 0 Å². The fraction of sp³-hybridized carbons (Fsp3) is 1.00. The second-order valence-electron chi connectivity index (χ2n) is 9.07. The predicted molar refractivity (Wildman–Crippen MR) is 79.4 cm³/mol. The molecule has 0 aromatic rings. The van der Waals surface area contributed by atoms with Crippen LogP contribution in [0.3, 0.4) is 0 Å². The SMILES string of the molecule is CCC1CC(C(O)(O)C2C(F)(F)C3(F)C(F)(F)C(F)(F)C2(F)C3(F)F)C(F)(F)C(C)(F)C1(F)F. The second kappa shape index (κ2) is 6.22. The van der Waals surface area contributed by atoms with Crippen molar-refractivity contribution in [3.05, 3.63) is 0 Å². The minimum Gasteiger partial charge on any atom is -0.365 e. The molecule has 0 heterocycles. The van der Waals surface area contributed by atoms with E-state index in [4.69, 9.17) is 0 Å². The van der Waals surface area contributed by atoms with Crippen molar-refractivity contribution >= 4 is 0 Å². The first-order chi connectivity index (χ1) is 14.7. The van der Waals surface area contributed by atoms with Gasteiger partial charge in [0, 0.05) is 5.92 Å². The largest absolute Gasteiger partial charge is 0.365 e. The zero-order chi connectivity index (χ0) is 27.1. The molecule has 0 spiro atoms. The van der Waals surface area contributed by atoms with Crippen LogP contribution in [-0.2, 0) is 0 Å². The van der Waals surface area contributed by atoms with E-state index in [0.717, 1.165) is 6.92 Å². The summed E-state index contributed by atoms with van der Waals surface area (Å²) in [6.45, 7) is 0.212. The molecule has 0 amide bonds. The Morgan fingerprint density at radius 3 is 1.50 bits per heavy atom. The summed E-state index contributed by atoms with van der Waals surface area (Å²) in [7, 11) is 0. The molecule has 0 aromatic heterocycles. The summed E-state index contributed by atoms with van der Waals surface area (Å²) in [5.74, 6) is -57.5. The quantitative estimate of drug-likeness (QED) is 0.379. The maximum absolute atomic E-state index is 15.1. The molecule has 0 radical (unpaired) electrons. The van der Waals surface area contributed by atoms with Crippen LogP contribution in [0.5, 0.6) is 0 Å². The van der Waals surface area contributed by atoms with E-state index in [9.17, 15) is 71.7 Å². The summed E-state index contributed by atoms with van der Waals surface area (Å²) >= 11 is 0. The highest BCUT2D eigenvalue weighted by atomic mass is 19.3. The average molecular weight is 536 g/mol. The molecule has 200 valence electrons. The van der Waals surface area contributed by atoms with Gasteiger partial charge in [0.15, 0.2) is 5.79 Å². The molecule has 6 atom stereocenters. The predicted octanol–water partition coefficient (Wildman–Crippen LogP) is 5.31. The van der Waals surface area contributed by atoms with Crippen LogP contribution in [-0.4, -0.2) is 68.5 Å². The van der Waals surface area contributed by atoms with Crippen molar-refractivity contribution in [2.45, 2.75) is 85.0 Å². The Morgan fingerprint density at radius 2 is 1.12 bits per heavy atom. The molecule has 3 aliphatic rings. The van der Waals surface area contributed by atoms with Crippen LogP contribution in [0.2, 0.25) is 0 Å². The Hall–Kier alpha value is -1.13. The normalized spacial score (nSPS) is 47.6. The number of alkyl halides is 15. The minimum atomic E-state index is -7.21. The monoisotopic (exact) mass is 536 g/mol. The van der Waals surface area contributed by atoms with Gasteiger partial charge < -0.3 is 10.2 Å². The van der Waals surface area contributed by atoms with Gasteiger partial charge in [-0.05, 0) is 19.8 Å². The molecule has 3 aliphatic carbocycles. The van der Waals surface area contributed by atoms with Crippen molar-refractivity contribution < 1.29 is 76.1 Å². The van der Waals surface area contributed by atoms with Gasteiger partial charge in [-0.15, -0.1) is 0 Å². The van der Waals surface area contributed by atoms with E-state index in [-0.39, 0.29) is 0 Å². The molecule has 2 N–H and O–H groups in total. The molecule has 17 heteroatoms. The molecule has 0 saturated heterocycles. The maximum atomic E-state index is 15.1. The highest BCUT2D eigenvalue weighted by Crippen LogP contribution is 2.83. The van der Waals surface area contributed by atoms with E-state index in [1.54, 1.807) is 0 Å². The van der Waals surface area contributed by atoms with E-state index < -0.39 is 95.8 Å². The smallest absolute Gasteiger partial charge is 0.359 e. The van der Waals surface area contributed by atoms with Crippen LogP contribution in [0, 0.1) is 17.8 Å². The van der Waals surface area contributed by atoms with E-state index in [1.165, 1.54) is 0 Å². The van der Waals surface area contributed by atoms with Crippen molar-refractivity contribution in [1.82, 2.24) is 0 Å². The fourth-order valence-corrected chi connectivity index (χ4v) is 5.46. The number of halogens is 15. The van der Waals surface area contributed by atoms with Gasteiger partial charge in [0.25, 0.3) is 17.5 Å². The molecule has 6 unspecified atom stereocenters. The number of fused-ring (bicyclic) bond motifs is 2. The molecular weight excluding hydrogens is 521 g/mol. The second-order valence-corrected chi connectivity index (χ2v) is 9.07. The van der Waals surface area contributed by atoms with E-state index >= 15 is 4.39 Å². The van der Waals surface area contributed by atoms with Gasteiger partial charge in [-0.25, -0.2) is 39.5 Å². The van der Waals surface area contributed by atoms with Crippen molar-refractivity contribution in [1.29, 1.82) is 0 Å². The Bertz CT molecular complexity index is 884. The lowest BCUT2D eigenvalue weighted by molar-refractivity contribution is -0.421. The highest BCUT2D eigenvalue weighted by Gasteiger charge is 3.13. The lowest BCUT2D eigenvalue weighted by atomic mass is 9.60. The van der Waals surface area contributed by atoms with E-state index in [2.05, 4.69) is 0 Å². The molecule has 3 rings (SSSR count). The molecule has 34 heavy (non-hydrogen) atoms. The first kappa shape index (κ1) is 27.5. The summed E-state index contributed by atoms with van der Waals surface area (Å²) < 4.78 is 215. The fourth-order valence-electron chi connectivity index (χ4n) is 5.46. The van der Waals surface area contributed by atoms with Crippen LogP contribution < -0.4 is 0 Å². The van der Waals surface area contributed by atoms with Gasteiger partial charge in [0.05, 0.1) is 5.92 Å². The third kappa shape index (κ3) is 2.16. The lowest BCUT2D eigenvalue weighted by Crippen LogP contribution is -2.77. The van der Waals surface area contributed by atoms with Crippen LogP contribution in [0.1, 0.15) is 26.7 Å². The van der Waals surface area contributed by atoms with E-state index in [0.29, 0.717) is 0 Å². The number of hydrogen-bond donors (Lipinski definition) is 2. The molecule has 0 aliphatic heterocycles. The minimum absolute atomic E-state index is 0.559. The summed E-state index contributed by atoms with van der Waals surface area (Å²) in [6, 6.07) is 0. The molecule has 2 bridgehead atoms. The van der Waals surface area contributed by atoms with E-state index in [1.807, 2.05) is 0 Å². The first-order valence-corrected chi connectivity index (χ1v) is 9.45. The average Bonchev–Trinajstić information content (AvgIpc) is 2.77. The van der Waals surface area contributed by atoms with Gasteiger partial charge >= 0.3 is 29.4 Å². The van der Waals surface area contributed by atoms with Gasteiger partial charge in [-0.3, -0.25) is 0 Å². The Kier molecular flexibility index (Phi) is 5.02. The third-order valence-corrected chi connectivity index (χ3v) is 7.55. The van der Waals surface area contributed by atoms with Crippen LogP contribution in [0.15, 0.2) is 0 Å². The Labute approximate surface area is 180 Å². The van der Waals surface area contributed by atoms with Gasteiger partial charge in [0.1, 0.15) is 5.92 Å². The molecule has 0 aromatic carbocycles. The molecule has 2 nitrogen and oxygen atoms in total. The zero-order valence-electron chi connectivity index (χ0n) is 16.7. The number of rotatable bonds is 3. The van der Waals surface area contributed by atoms with Crippen molar-refractivity contribution in [3.8, 4) is 0 Å². The topological polar surface area (TPSA) is 40.5 Å². The van der Waals surface area contributed by atoms with Gasteiger partial charge in [0.2, 0.25) is 5.67 Å². The van der Waals surface area contributed by atoms with Crippen LogP contribution in [0.25, 0.3) is 0 Å². The van der Waals surface area contributed by atoms with Crippen molar-refractivity contribution in [2.75, 3.05) is 0 Å². The Morgan fingerprint density at radius 1 is 0.676 bits per heavy atom. The summed E-state index contributed by atoms with van der Waals surface area (Å²) in [6.07, 6.45) is -3.19. The summed E-state index contributed by atoms with van der Waals surface area (Å²) in [5.41, 5.74) is -19.3. The third-order valence-electron chi connectivity index (χ3n) is 7.55. The number of aliphatic hydroxyl groups is 2. The first-order valence-electron chi connectivity index (χ1n) is 9.45. The van der Waals surface area contributed by atoms with Crippen molar-refractivity contribution in [2.24, 2.45) is 17.8 Å². The highest BCUT2D eigenvalue weighted by molar-refractivity contribution is 5.44. The summed E-state index contributed by atoms with van der Waals surface area (Å²) in [4.78, 5) is 0. The number of hydrogen-bond acceptors (Lipinski definition) is 2. The zero-order valence-corrected chi connectivity index (χ0v) is 16.7. The van der Waals surface area contributed by atoms with Crippen LogP contribution in [0.4, 0.5) is 65.9 Å². The summed E-state index contributed by atoms with van der Waals surface area (Å²) in [5, 5.41) is 20.1. The Balaban J connectivity index is 2.32. The standard InChI is InChI=1S/C17H15F15O2/c1-3-5-4-6(12(22,23)8(2,18)11(5,20)21)9(33,34)7-10(19)15(27,28)14(26,13(7,24)25)17(31,32)16(10,29)30/h5-7,33-34H,3-4H2,1-2H3.